The Hall–Kier alpha value is -1.02. The molecule has 2 nitrogen and oxygen atoms in total. The second-order valence-electron chi connectivity index (χ2n) is 5.98. The van der Waals surface area contributed by atoms with E-state index in [2.05, 4.69) is 45.9 Å². The lowest BCUT2D eigenvalue weighted by Crippen LogP contribution is -2.42. The van der Waals surface area contributed by atoms with Gasteiger partial charge in [0.15, 0.2) is 0 Å². The van der Waals surface area contributed by atoms with Crippen LogP contribution in [0, 0.1) is 19.3 Å². The van der Waals surface area contributed by atoms with Crippen LogP contribution in [0.4, 0.5) is 0 Å². The molecule has 1 saturated carbocycles. The summed E-state index contributed by atoms with van der Waals surface area (Å²) in [6.45, 7) is 8.64. The molecule has 2 heteroatoms. The second kappa shape index (κ2) is 4.34. The van der Waals surface area contributed by atoms with E-state index in [1.54, 1.807) is 0 Å². The molecular formula is C15H23NO. The first-order valence-electron chi connectivity index (χ1n) is 6.40. The Kier molecular flexibility index (Phi) is 3.17. The number of benzene rings is 1. The van der Waals surface area contributed by atoms with Crippen molar-refractivity contribution in [1.82, 2.24) is 0 Å². The van der Waals surface area contributed by atoms with Crippen LogP contribution in [0.5, 0.6) is 5.75 Å². The van der Waals surface area contributed by atoms with E-state index in [1.807, 2.05) is 0 Å². The van der Waals surface area contributed by atoms with Crippen LogP contribution in [0.3, 0.4) is 0 Å². The average molecular weight is 233 g/mol. The summed E-state index contributed by atoms with van der Waals surface area (Å²) in [4.78, 5) is 0. The van der Waals surface area contributed by atoms with Crippen LogP contribution in [-0.2, 0) is 0 Å². The molecule has 2 atom stereocenters. The van der Waals surface area contributed by atoms with Crippen LogP contribution < -0.4 is 10.5 Å². The topological polar surface area (TPSA) is 35.2 Å². The van der Waals surface area contributed by atoms with Crippen molar-refractivity contribution in [3.05, 3.63) is 29.3 Å². The van der Waals surface area contributed by atoms with Gasteiger partial charge in [-0.3, -0.25) is 0 Å². The monoisotopic (exact) mass is 233 g/mol. The van der Waals surface area contributed by atoms with Gasteiger partial charge in [-0.2, -0.15) is 0 Å². The Bertz CT molecular complexity index is 411. The highest BCUT2D eigenvalue weighted by molar-refractivity contribution is 5.36. The minimum atomic E-state index is 0.128. The first-order chi connectivity index (χ1) is 7.90. The number of hydrogen-bond acceptors (Lipinski definition) is 2. The Labute approximate surface area is 104 Å². The van der Waals surface area contributed by atoms with E-state index in [0.29, 0.717) is 0 Å². The van der Waals surface area contributed by atoms with Gasteiger partial charge in [-0.25, -0.2) is 0 Å². The number of aryl methyl sites for hydroxylation is 2. The van der Waals surface area contributed by atoms with Gasteiger partial charge in [0.05, 0.1) is 0 Å². The zero-order valence-corrected chi connectivity index (χ0v) is 11.3. The Morgan fingerprint density at radius 2 is 2.00 bits per heavy atom. The standard InChI is InChI=1S/C15H23NO/c1-10-5-6-12(11(2)9-10)17-13-7-8-15(3,4)14(13)16/h5-6,9,13-14H,7-8,16H2,1-4H3. The molecule has 1 aliphatic rings. The lowest BCUT2D eigenvalue weighted by Gasteiger charge is -2.27. The maximum atomic E-state index is 6.26. The second-order valence-corrected chi connectivity index (χ2v) is 5.98. The molecule has 0 bridgehead atoms. The number of hydrogen-bond donors (Lipinski definition) is 1. The van der Waals surface area contributed by atoms with E-state index in [4.69, 9.17) is 10.5 Å². The van der Waals surface area contributed by atoms with Gasteiger partial charge < -0.3 is 10.5 Å². The fourth-order valence-corrected chi connectivity index (χ4v) is 2.59. The molecule has 0 heterocycles. The first-order valence-corrected chi connectivity index (χ1v) is 6.40. The van der Waals surface area contributed by atoms with E-state index < -0.39 is 0 Å². The number of nitrogens with two attached hydrogens (primary N) is 1. The van der Waals surface area contributed by atoms with E-state index in [-0.39, 0.29) is 17.6 Å². The minimum absolute atomic E-state index is 0.128. The molecule has 0 saturated heterocycles. The highest BCUT2D eigenvalue weighted by Crippen LogP contribution is 2.38. The molecule has 1 aromatic carbocycles. The largest absolute Gasteiger partial charge is 0.489 e. The van der Waals surface area contributed by atoms with Crippen molar-refractivity contribution < 1.29 is 4.74 Å². The summed E-state index contributed by atoms with van der Waals surface area (Å²) >= 11 is 0. The van der Waals surface area contributed by atoms with Gasteiger partial charge in [0.25, 0.3) is 0 Å². The highest BCUT2D eigenvalue weighted by atomic mass is 16.5. The van der Waals surface area contributed by atoms with Crippen molar-refractivity contribution in [2.45, 2.75) is 52.7 Å². The van der Waals surface area contributed by atoms with Gasteiger partial charge in [0.2, 0.25) is 0 Å². The maximum Gasteiger partial charge on any atom is 0.122 e. The van der Waals surface area contributed by atoms with Crippen molar-refractivity contribution in [2.75, 3.05) is 0 Å². The van der Waals surface area contributed by atoms with Crippen molar-refractivity contribution in [1.29, 1.82) is 0 Å². The summed E-state index contributed by atoms with van der Waals surface area (Å²) in [6, 6.07) is 6.43. The molecule has 1 aliphatic carbocycles. The summed E-state index contributed by atoms with van der Waals surface area (Å²) in [5.74, 6) is 0.980. The molecule has 1 aromatic rings. The average Bonchev–Trinajstić information content (AvgIpc) is 2.49. The van der Waals surface area contributed by atoms with Gasteiger partial charge in [-0.1, -0.05) is 31.5 Å². The van der Waals surface area contributed by atoms with Crippen molar-refractivity contribution >= 4 is 0 Å². The third kappa shape index (κ3) is 2.47. The molecule has 0 aromatic heterocycles. The van der Waals surface area contributed by atoms with Gasteiger partial charge in [0.1, 0.15) is 11.9 Å². The van der Waals surface area contributed by atoms with Crippen LogP contribution in [0.1, 0.15) is 37.8 Å². The van der Waals surface area contributed by atoms with Crippen molar-refractivity contribution in [2.24, 2.45) is 11.1 Å². The molecule has 0 radical (unpaired) electrons. The summed E-state index contributed by atoms with van der Waals surface area (Å²) in [5, 5.41) is 0. The van der Waals surface area contributed by atoms with Gasteiger partial charge >= 0.3 is 0 Å². The minimum Gasteiger partial charge on any atom is -0.489 e. The van der Waals surface area contributed by atoms with Crippen molar-refractivity contribution in [3.8, 4) is 5.75 Å². The predicted molar refractivity (Wildman–Crippen MR) is 71.3 cm³/mol. The molecule has 2 rings (SSSR count). The zero-order valence-electron chi connectivity index (χ0n) is 11.3. The molecule has 0 spiro atoms. The predicted octanol–water partition coefficient (Wildman–Crippen LogP) is 3.20. The van der Waals surface area contributed by atoms with Crippen LogP contribution in [0.2, 0.25) is 0 Å². The van der Waals surface area contributed by atoms with Crippen LogP contribution in [0.25, 0.3) is 0 Å². The molecule has 17 heavy (non-hydrogen) atoms. The maximum absolute atomic E-state index is 6.26. The third-order valence-electron chi connectivity index (χ3n) is 3.98. The van der Waals surface area contributed by atoms with Crippen LogP contribution >= 0.6 is 0 Å². The third-order valence-corrected chi connectivity index (χ3v) is 3.98. The summed E-state index contributed by atoms with van der Waals surface area (Å²) in [7, 11) is 0. The van der Waals surface area contributed by atoms with Crippen LogP contribution in [-0.4, -0.2) is 12.1 Å². The normalized spacial score (nSPS) is 27.1. The molecule has 0 aliphatic heterocycles. The fraction of sp³-hybridized carbons (Fsp3) is 0.600. The number of ether oxygens (including phenoxy) is 1. The lowest BCUT2D eigenvalue weighted by atomic mass is 9.88. The van der Waals surface area contributed by atoms with Crippen molar-refractivity contribution in [3.63, 3.8) is 0 Å². The van der Waals surface area contributed by atoms with E-state index >= 15 is 0 Å². The first kappa shape index (κ1) is 12.4. The Morgan fingerprint density at radius 1 is 1.29 bits per heavy atom. The molecule has 1 fully saturated rings. The molecular weight excluding hydrogens is 210 g/mol. The summed E-state index contributed by atoms with van der Waals surface area (Å²) in [6.07, 6.45) is 2.36. The molecule has 0 amide bonds. The summed E-state index contributed by atoms with van der Waals surface area (Å²) < 4.78 is 6.08. The molecule has 94 valence electrons. The molecule has 2 unspecified atom stereocenters. The number of rotatable bonds is 2. The van der Waals surface area contributed by atoms with Gasteiger partial charge in [-0.05, 0) is 43.7 Å². The van der Waals surface area contributed by atoms with Gasteiger partial charge in [0, 0.05) is 6.04 Å². The smallest absolute Gasteiger partial charge is 0.122 e. The molecule has 2 N–H and O–H groups in total. The van der Waals surface area contributed by atoms with E-state index in [9.17, 15) is 0 Å². The Morgan fingerprint density at radius 3 is 2.53 bits per heavy atom. The van der Waals surface area contributed by atoms with Gasteiger partial charge in [-0.15, -0.1) is 0 Å². The zero-order chi connectivity index (χ0) is 12.6. The quantitative estimate of drug-likeness (QED) is 0.851. The lowest BCUT2D eigenvalue weighted by molar-refractivity contribution is 0.164. The van der Waals surface area contributed by atoms with Crippen LogP contribution in [0.15, 0.2) is 18.2 Å². The fourth-order valence-electron chi connectivity index (χ4n) is 2.59. The summed E-state index contributed by atoms with van der Waals surface area (Å²) in [5.41, 5.74) is 8.92. The van der Waals surface area contributed by atoms with E-state index in [1.165, 1.54) is 11.1 Å². The Balaban J connectivity index is 2.12. The highest BCUT2D eigenvalue weighted by Gasteiger charge is 2.40. The van der Waals surface area contributed by atoms with E-state index in [0.717, 1.165) is 18.6 Å². The SMILES string of the molecule is Cc1ccc(OC2CCC(C)(C)C2N)c(C)c1.